The quantitative estimate of drug-likeness (QED) is 0.336. The Hall–Kier alpha value is 0.0569. The SMILES string of the molecule is CCO[Si](C)(CCCOCC1CO1)OCC. The van der Waals surface area contributed by atoms with E-state index in [0.29, 0.717) is 6.10 Å². The van der Waals surface area contributed by atoms with Crippen LogP contribution in [0.3, 0.4) is 0 Å². The first-order chi connectivity index (χ1) is 7.70. The van der Waals surface area contributed by atoms with Crippen LogP contribution >= 0.6 is 0 Å². The maximum absolute atomic E-state index is 5.75. The third-order valence-corrected chi connectivity index (χ3v) is 5.59. The molecule has 5 heteroatoms. The topological polar surface area (TPSA) is 40.2 Å². The second-order valence-electron chi connectivity index (χ2n) is 4.13. The van der Waals surface area contributed by atoms with E-state index in [1.807, 2.05) is 13.8 Å². The highest BCUT2D eigenvalue weighted by Gasteiger charge is 2.30. The van der Waals surface area contributed by atoms with Gasteiger partial charge in [-0.2, -0.15) is 0 Å². The number of rotatable bonds is 10. The molecule has 16 heavy (non-hydrogen) atoms. The molecule has 96 valence electrons. The fraction of sp³-hybridized carbons (Fsp3) is 1.00. The van der Waals surface area contributed by atoms with Gasteiger partial charge in [0.15, 0.2) is 0 Å². The average Bonchev–Trinajstić information content (AvgIpc) is 3.02. The number of hydrogen-bond donors (Lipinski definition) is 0. The first kappa shape index (κ1) is 14.1. The monoisotopic (exact) mass is 248 g/mol. The Morgan fingerprint density at radius 1 is 1.25 bits per heavy atom. The van der Waals surface area contributed by atoms with E-state index >= 15 is 0 Å². The molecule has 1 fully saturated rings. The summed E-state index contributed by atoms with van der Waals surface area (Å²) in [5.74, 6) is 0. The molecule has 0 amide bonds. The van der Waals surface area contributed by atoms with E-state index in [0.717, 1.165) is 45.5 Å². The molecule has 0 N–H and O–H groups in total. The Morgan fingerprint density at radius 3 is 2.38 bits per heavy atom. The molecule has 0 aromatic carbocycles. The van der Waals surface area contributed by atoms with Crippen molar-refractivity contribution >= 4 is 8.56 Å². The van der Waals surface area contributed by atoms with Gasteiger partial charge in [0.25, 0.3) is 0 Å². The van der Waals surface area contributed by atoms with E-state index in [2.05, 4.69) is 6.55 Å². The second kappa shape index (κ2) is 7.40. The first-order valence-corrected chi connectivity index (χ1v) is 8.70. The fourth-order valence-electron chi connectivity index (χ4n) is 1.67. The van der Waals surface area contributed by atoms with Crippen LogP contribution in [0, 0.1) is 0 Å². The van der Waals surface area contributed by atoms with Gasteiger partial charge in [-0.25, -0.2) is 0 Å². The standard InChI is InChI=1S/C11H24O4Si/c1-4-14-16(3,15-5-2)8-6-7-12-9-11-10-13-11/h11H,4-10H2,1-3H3. The minimum atomic E-state index is -1.92. The summed E-state index contributed by atoms with van der Waals surface area (Å²) in [6, 6.07) is 1.00. The lowest BCUT2D eigenvalue weighted by atomic mass is 10.5. The van der Waals surface area contributed by atoms with Gasteiger partial charge in [-0.3, -0.25) is 0 Å². The van der Waals surface area contributed by atoms with Crippen molar-refractivity contribution in [3.05, 3.63) is 0 Å². The van der Waals surface area contributed by atoms with Crippen molar-refractivity contribution in [2.24, 2.45) is 0 Å². The molecule has 1 aliphatic rings. The van der Waals surface area contributed by atoms with Crippen LogP contribution in [0.15, 0.2) is 0 Å². The summed E-state index contributed by atoms with van der Waals surface area (Å²) >= 11 is 0. The van der Waals surface area contributed by atoms with Gasteiger partial charge >= 0.3 is 8.56 Å². The molecular weight excluding hydrogens is 224 g/mol. The molecular formula is C11H24O4Si. The maximum Gasteiger partial charge on any atom is 0.334 e. The van der Waals surface area contributed by atoms with Crippen molar-refractivity contribution in [2.45, 2.75) is 39.0 Å². The molecule has 0 bridgehead atoms. The third-order valence-electron chi connectivity index (χ3n) is 2.53. The summed E-state index contributed by atoms with van der Waals surface area (Å²) in [5, 5.41) is 0. The van der Waals surface area contributed by atoms with Crippen LogP contribution in [-0.4, -0.2) is 47.7 Å². The minimum absolute atomic E-state index is 0.363. The van der Waals surface area contributed by atoms with Gasteiger partial charge in [0, 0.05) is 19.8 Å². The predicted octanol–water partition coefficient (Wildman–Crippen LogP) is 1.94. The van der Waals surface area contributed by atoms with Gasteiger partial charge in [0.2, 0.25) is 0 Å². The Kier molecular flexibility index (Phi) is 6.53. The van der Waals surface area contributed by atoms with Crippen LogP contribution in [0.2, 0.25) is 12.6 Å². The molecule has 0 saturated carbocycles. The Balaban J connectivity index is 2.05. The third kappa shape index (κ3) is 5.96. The van der Waals surface area contributed by atoms with Gasteiger partial charge in [0.1, 0.15) is 6.10 Å². The summed E-state index contributed by atoms with van der Waals surface area (Å²) < 4.78 is 22.1. The highest BCUT2D eigenvalue weighted by molar-refractivity contribution is 6.66. The zero-order valence-corrected chi connectivity index (χ0v) is 11.7. The van der Waals surface area contributed by atoms with Gasteiger partial charge in [0.05, 0.1) is 13.2 Å². The maximum atomic E-state index is 5.75. The molecule has 0 spiro atoms. The summed E-state index contributed by atoms with van der Waals surface area (Å²) in [5.41, 5.74) is 0. The highest BCUT2D eigenvalue weighted by atomic mass is 28.4. The molecule has 0 aliphatic carbocycles. The van der Waals surface area contributed by atoms with E-state index < -0.39 is 8.56 Å². The van der Waals surface area contributed by atoms with Gasteiger partial charge < -0.3 is 18.3 Å². The van der Waals surface area contributed by atoms with Crippen LogP contribution in [0.25, 0.3) is 0 Å². The smallest absolute Gasteiger partial charge is 0.334 e. The van der Waals surface area contributed by atoms with Gasteiger partial charge in [-0.1, -0.05) is 0 Å². The average molecular weight is 248 g/mol. The van der Waals surface area contributed by atoms with E-state index in [9.17, 15) is 0 Å². The van der Waals surface area contributed by atoms with Crippen LogP contribution in [0.4, 0.5) is 0 Å². The zero-order valence-electron chi connectivity index (χ0n) is 10.7. The van der Waals surface area contributed by atoms with Crippen LogP contribution in [0.5, 0.6) is 0 Å². The second-order valence-corrected chi connectivity index (χ2v) is 7.48. The molecule has 4 nitrogen and oxygen atoms in total. The van der Waals surface area contributed by atoms with Crippen LogP contribution < -0.4 is 0 Å². The Morgan fingerprint density at radius 2 is 1.88 bits per heavy atom. The highest BCUT2D eigenvalue weighted by Crippen LogP contribution is 2.16. The Bertz CT molecular complexity index is 179. The van der Waals surface area contributed by atoms with Crippen molar-refractivity contribution in [1.29, 1.82) is 0 Å². The molecule has 1 rings (SSSR count). The normalized spacial score (nSPS) is 20.1. The molecule has 0 radical (unpaired) electrons. The fourth-order valence-corrected chi connectivity index (χ4v) is 4.05. The molecule has 1 unspecified atom stereocenters. The lowest BCUT2D eigenvalue weighted by Gasteiger charge is -2.25. The van der Waals surface area contributed by atoms with E-state index in [4.69, 9.17) is 18.3 Å². The molecule has 0 aromatic rings. The molecule has 0 aromatic heterocycles. The van der Waals surface area contributed by atoms with Crippen molar-refractivity contribution in [3.63, 3.8) is 0 Å². The summed E-state index contributed by atoms with van der Waals surface area (Å²) in [7, 11) is -1.92. The predicted molar refractivity (Wildman–Crippen MR) is 64.9 cm³/mol. The number of ether oxygens (including phenoxy) is 2. The van der Waals surface area contributed by atoms with E-state index in [-0.39, 0.29) is 0 Å². The molecule has 1 heterocycles. The van der Waals surface area contributed by atoms with Crippen molar-refractivity contribution in [2.75, 3.05) is 33.0 Å². The zero-order chi connectivity index (χ0) is 11.9. The Labute approximate surface area is 99.5 Å². The molecule has 1 saturated heterocycles. The van der Waals surface area contributed by atoms with Crippen molar-refractivity contribution in [3.8, 4) is 0 Å². The van der Waals surface area contributed by atoms with Gasteiger partial charge in [-0.15, -0.1) is 0 Å². The number of epoxide rings is 1. The van der Waals surface area contributed by atoms with Crippen LogP contribution in [-0.2, 0) is 18.3 Å². The summed E-state index contributed by atoms with van der Waals surface area (Å²) in [4.78, 5) is 0. The molecule has 1 atom stereocenters. The molecule has 1 aliphatic heterocycles. The minimum Gasteiger partial charge on any atom is -0.395 e. The van der Waals surface area contributed by atoms with Gasteiger partial charge in [-0.05, 0) is 32.9 Å². The van der Waals surface area contributed by atoms with Crippen molar-refractivity contribution < 1.29 is 18.3 Å². The first-order valence-electron chi connectivity index (χ1n) is 6.17. The van der Waals surface area contributed by atoms with E-state index in [1.165, 1.54) is 0 Å². The lowest BCUT2D eigenvalue weighted by molar-refractivity contribution is 0.113. The summed E-state index contributed by atoms with van der Waals surface area (Å²) in [6.45, 7) is 10.0. The summed E-state index contributed by atoms with van der Waals surface area (Å²) in [6.07, 6.45) is 1.37. The largest absolute Gasteiger partial charge is 0.395 e. The van der Waals surface area contributed by atoms with Crippen LogP contribution in [0.1, 0.15) is 20.3 Å². The lowest BCUT2D eigenvalue weighted by Crippen LogP contribution is -2.38. The van der Waals surface area contributed by atoms with E-state index in [1.54, 1.807) is 0 Å². The number of hydrogen-bond acceptors (Lipinski definition) is 4. The van der Waals surface area contributed by atoms with Crippen molar-refractivity contribution in [1.82, 2.24) is 0 Å².